The summed E-state index contributed by atoms with van der Waals surface area (Å²) in [6, 6.07) is 3.64. The quantitative estimate of drug-likeness (QED) is 0.858. The predicted molar refractivity (Wildman–Crippen MR) is 95.2 cm³/mol. The maximum Gasteiger partial charge on any atom is 0.315 e. The molecule has 0 aromatic carbocycles. The lowest BCUT2D eigenvalue weighted by molar-refractivity contribution is 0.239. The maximum absolute atomic E-state index is 12.1. The van der Waals surface area contributed by atoms with Gasteiger partial charge >= 0.3 is 6.03 Å². The number of aromatic nitrogens is 4. The SMILES string of the molecule is CN(C)c1cc(CNC(=O)NCc2nnc3n2CCCCC3)ccn1. The predicted octanol–water partition coefficient (Wildman–Crippen LogP) is 1.46. The summed E-state index contributed by atoms with van der Waals surface area (Å²) < 4.78 is 2.14. The van der Waals surface area contributed by atoms with Crippen LogP contribution in [-0.2, 0) is 26.1 Å². The molecule has 0 aliphatic carbocycles. The molecule has 2 aromatic heterocycles. The number of carbonyl (C=O) groups is 1. The van der Waals surface area contributed by atoms with Gasteiger partial charge in [-0.2, -0.15) is 0 Å². The minimum atomic E-state index is -0.214. The van der Waals surface area contributed by atoms with Gasteiger partial charge in [-0.1, -0.05) is 6.42 Å². The van der Waals surface area contributed by atoms with E-state index < -0.39 is 0 Å². The fourth-order valence-electron chi connectivity index (χ4n) is 2.90. The van der Waals surface area contributed by atoms with Gasteiger partial charge in [0.25, 0.3) is 0 Å². The zero-order chi connectivity index (χ0) is 17.6. The summed E-state index contributed by atoms with van der Waals surface area (Å²) in [5.74, 6) is 2.72. The standard InChI is InChI=1S/C17H25N7O/c1-23(2)15-10-13(7-8-18-15)11-19-17(25)20-12-16-22-21-14-6-4-3-5-9-24(14)16/h7-8,10H,3-6,9,11-12H2,1-2H3,(H2,19,20,25). The van der Waals surface area contributed by atoms with Gasteiger partial charge in [-0.05, 0) is 30.5 Å². The number of amides is 2. The van der Waals surface area contributed by atoms with E-state index in [9.17, 15) is 4.79 Å². The largest absolute Gasteiger partial charge is 0.363 e. The number of fused-ring (bicyclic) bond motifs is 1. The van der Waals surface area contributed by atoms with Gasteiger partial charge in [0, 0.05) is 39.8 Å². The Morgan fingerprint density at radius 2 is 2.04 bits per heavy atom. The maximum atomic E-state index is 12.1. The number of hydrogen-bond donors (Lipinski definition) is 2. The molecule has 8 nitrogen and oxygen atoms in total. The van der Waals surface area contributed by atoms with E-state index >= 15 is 0 Å². The summed E-state index contributed by atoms with van der Waals surface area (Å²) in [5, 5.41) is 14.2. The molecule has 8 heteroatoms. The number of hydrogen-bond acceptors (Lipinski definition) is 5. The minimum absolute atomic E-state index is 0.214. The van der Waals surface area contributed by atoms with Crippen LogP contribution in [0.1, 0.15) is 36.5 Å². The molecule has 0 unspecified atom stereocenters. The monoisotopic (exact) mass is 343 g/mol. The molecule has 1 aliphatic rings. The molecule has 3 heterocycles. The third kappa shape index (κ3) is 4.46. The Morgan fingerprint density at radius 1 is 1.20 bits per heavy atom. The highest BCUT2D eigenvalue weighted by Crippen LogP contribution is 2.14. The van der Waals surface area contributed by atoms with Gasteiger partial charge < -0.3 is 20.1 Å². The molecule has 2 N–H and O–H groups in total. The number of urea groups is 1. The summed E-state index contributed by atoms with van der Waals surface area (Å²) in [6.45, 7) is 1.77. The number of nitrogens with zero attached hydrogens (tertiary/aromatic N) is 5. The van der Waals surface area contributed by atoms with Crippen LogP contribution in [0.2, 0.25) is 0 Å². The topological polar surface area (TPSA) is 88.0 Å². The molecule has 2 aromatic rings. The van der Waals surface area contributed by atoms with Crippen molar-refractivity contribution >= 4 is 11.8 Å². The van der Waals surface area contributed by atoms with Crippen LogP contribution in [-0.4, -0.2) is 39.9 Å². The third-order valence-corrected chi connectivity index (χ3v) is 4.31. The van der Waals surface area contributed by atoms with Crippen molar-refractivity contribution in [2.75, 3.05) is 19.0 Å². The fourth-order valence-corrected chi connectivity index (χ4v) is 2.90. The molecule has 2 amide bonds. The summed E-state index contributed by atoms with van der Waals surface area (Å²) in [6.07, 6.45) is 6.23. The van der Waals surface area contributed by atoms with Crippen LogP contribution in [0.3, 0.4) is 0 Å². The molecule has 0 saturated carbocycles. The number of anilines is 1. The van der Waals surface area contributed by atoms with Crippen LogP contribution in [0.25, 0.3) is 0 Å². The second kappa shape index (κ2) is 7.96. The summed E-state index contributed by atoms with van der Waals surface area (Å²) in [5.41, 5.74) is 1.00. The molecule has 0 bridgehead atoms. The van der Waals surface area contributed by atoms with Crippen molar-refractivity contribution in [1.29, 1.82) is 0 Å². The van der Waals surface area contributed by atoms with Crippen molar-refractivity contribution in [3.05, 3.63) is 35.5 Å². The highest BCUT2D eigenvalue weighted by molar-refractivity contribution is 5.73. The van der Waals surface area contributed by atoms with E-state index in [1.165, 1.54) is 6.42 Å². The number of pyridine rings is 1. The van der Waals surface area contributed by atoms with Crippen LogP contribution in [0, 0.1) is 0 Å². The van der Waals surface area contributed by atoms with Crippen LogP contribution in [0.15, 0.2) is 18.3 Å². The van der Waals surface area contributed by atoms with Crippen molar-refractivity contribution in [2.24, 2.45) is 0 Å². The zero-order valence-electron chi connectivity index (χ0n) is 14.8. The van der Waals surface area contributed by atoms with E-state index in [2.05, 4.69) is 30.4 Å². The molecule has 134 valence electrons. The molecule has 25 heavy (non-hydrogen) atoms. The van der Waals surface area contributed by atoms with Crippen LogP contribution in [0.5, 0.6) is 0 Å². The first-order chi connectivity index (χ1) is 12.1. The highest BCUT2D eigenvalue weighted by atomic mass is 16.2. The first-order valence-corrected chi connectivity index (χ1v) is 8.68. The summed E-state index contributed by atoms with van der Waals surface area (Å²) >= 11 is 0. The van der Waals surface area contributed by atoms with E-state index in [0.29, 0.717) is 13.1 Å². The Hall–Kier alpha value is -2.64. The molecule has 0 fully saturated rings. The normalized spacial score (nSPS) is 13.7. The third-order valence-electron chi connectivity index (χ3n) is 4.31. The Bertz CT molecular complexity index is 726. The molecule has 0 atom stereocenters. The van der Waals surface area contributed by atoms with Gasteiger partial charge in [0.2, 0.25) is 0 Å². The number of aryl methyl sites for hydroxylation is 1. The van der Waals surface area contributed by atoms with E-state index in [1.807, 2.05) is 31.1 Å². The lowest BCUT2D eigenvalue weighted by Gasteiger charge is -2.13. The second-order valence-electron chi connectivity index (χ2n) is 6.45. The molecule has 0 saturated heterocycles. The lowest BCUT2D eigenvalue weighted by Crippen LogP contribution is -2.35. The van der Waals surface area contributed by atoms with Crippen molar-refractivity contribution in [1.82, 2.24) is 30.4 Å². The van der Waals surface area contributed by atoms with Crippen molar-refractivity contribution in [3.8, 4) is 0 Å². The van der Waals surface area contributed by atoms with E-state index in [0.717, 1.165) is 48.8 Å². The lowest BCUT2D eigenvalue weighted by atomic mass is 10.2. The molecule has 3 rings (SSSR count). The number of nitrogens with one attached hydrogen (secondary N) is 2. The minimum Gasteiger partial charge on any atom is -0.363 e. The van der Waals surface area contributed by atoms with Gasteiger partial charge in [0.1, 0.15) is 11.6 Å². The van der Waals surface area contributed by atoms with E-state index in [-0.39, 0.29) is 6.03 Å². The van der Waals surface area contributed by atoms with E-state index in [1.54, 1.807) is 6.20 Å². The molecular formula is C17H25N7O. The molecule has 0 radical (unpaired) electrons. The molecule has 0 spiro atoms. The number of carbonyl (C=O) groups excluding carboxylic acids is 1. The van der Waals surface area contributed by atoms with Gasteiger partial charge in [-0.25, -0.2) is 9.78 Å². The molecular weight excluding hydrogens is 318 g/mol. The Balaban J connectivity index is 1.50. The highest BCUT2D eigenvalue weighted by Gasteiger charge is 2.15. The first-order valence-electron chi connectivity index (χ1n) is 8.68. The van der Waals surface area contributed by atoms with Crippen molar-refractivity contribution in [3.63, 3.8) is 0 Å². The zero-order valence-corrected chi connectivity index (χ0v) is 14.8. The van der Waals surface area contributed by atoms with Gasteiger partial charge in [-0.15, -0.1) is 10.2 Å². The number of rotatable bonds is 5. The average molecular weight is 343 g/mol. The Morgan fingerprint density at radius 3 is 2.88 bits per heavy atom. The van der Waals surface area contributed by atoms with Crippen LogP contribution >= 0.6 is 0 Å². The first kappa shape index (κ1) is 17.2. The fraction of sp³-hybridized carbons (Fsp3) is 0.529. The summed E-state index contributed by atoms with van der Waals surface area (Å²) in [7, 11) is 3.88. The average Bonchev–Trinajstić information content (AvgIpc) is 2.84. The Kier molecular flexibility index (Phi) is 5.47. The van der Waals surface area contributed by atoms with Gasteiger partial charge in [-0.3, -0.25) is 0 Å². The van der Waals surface area contributed by atoms with E-state index in [4.69, 9.17) is 0 Å². The Labute approximate surface area is 147 Å². The molecule has 1 aliphatic heterocycles. The smallest absolute Gasteiger partial charge is 0.315 e. The van der Waals surface area contributed by atoms with Crippen LogP contribution in [0.4, 0.5) is 10.6 Å². The van der Waals surface area contributed by atoms with Gasteiger partial charge in [0.05, 0.1) is 6.54 Å². The summed E-state index contributed by atoms with van der Waals surface area (Å²) in [4.78, 5) is 18.3. The van der Waals surface area contributed by atoms with Crippen LogP contribution < -0.4 is 15.5 Å². The van der Waals surface area contributed by atoms with Gasteiger partial charge in [0.15, 0.2) is 5.82 Å². The van der Waals surface area contributed by atoms with Crippen molar-refractivity contribution in [2.45, 2.75) is 45.3 Å². The van der Waals surface area contributed by atoms with Crippen molar-refractivity contribution < 1.29 is 4.79 Å². The second-order valence-corrected chi connectivity index (χ2v) is 6.45.